The summed E-state index contributed by atoms with van der Waals surface area (Å²) in [4.78, 5) is 15.7. The van der Waals surface area contributed by atoms with Gasteiger partial charge in [0, 0.05) is 6.07 Å². The zero-order valence-corrected chi connectivity index (χ0v) is 11.9. The van der Waals surface area contributed by atoms with Gasteiger partial charge in [0.25, 0.3) is 0 Å². The second kappa shape index (κ2) is 6.46. The van der Waals surface area contributed by atoms with Crippen LogP contribution in [0.4, 0.5) is 24.7 Å². The first-order valence-electron chi connectivity index (χ1n) is 6.46. The highest BCUT2D eigenvalue weighted by atomic mass is 19.1. The van der Waals surface area contributed by atoms with Crippen LogP contribution >= 0.6 is 0 Å². The zero-order chi connectivity index (χ0) is 16.3. The van der Waals surface area contributed by atoms with Gasteiger partial charge in [-0.3, -0.25) is 0 Å². The van der Waals surface area contributed by atoms with Gasteiger partial charge >= 0.3 is 5.97 Å². The first-order chi connectivity index (χ1) is 10.5. The van der Waals surface area contributed by atoms with Crippen LogP contribution in [0.2, 0.25) is 0 Å². The molecule has 0 aliphatic rings. The molecule has 2 rings (SSSR count). The highest BCUT2D eigenvalue weighted by Gasteiger charge is 2.18. The third-order valence-electron chi connectivity index (χ3n) is 2.97. The van der Waals surface area contributed by atoms with E-state index in [1.807, 2.05) is 0 Å². The summed E-state index contributed by atoms with van der Waals surface area (Å²) in [5.74, 6) is -3.14. The number of anilines is 2. The molecule has 0 bridgehead atoms. The molecule has 4 nitrogen and oxygen atoms in total. The number of halogens is 3. The summed E-state index contributed by atoms with van der Waals surface area (Å²) >= 11 is 0. The molecular weight excluding hydrogens is 297 g/mol. The summed E-state index contributed by atoms with van der Waals surface area (Å²) in [6, 6.07) is 3.86. The number of nitrogens with one attached hydrogen (secondary N) is 1. The van der Waals surface area contributed by atoms with Gasteiger partial charge < -0.3 is 10.1 Å². The number of ether oxygens (including phenoxy) is 1. The number of esters is 1. The van der Waals surface area contributed by atoms with Crippen LogP contribution in [0.3, 0.4) is 0 Å². The van der Waals surface area contributed by atoms with Crippen LogP contribution < -0.4 is 5.32 Å². The summed E-state index contributed by atoms with van der Waals surface area (Å²) in [5.41, 5.74) is -0.161. The number of carbonyl (C=O) groups excluding carboxylic acids is 1. The molecule has 0 aliphatic carbocycles. The molecule has 0 spiro atoms. The molecule has 0 aliphatic heterocycles. The maximum Gasteiger partial charge on any atom is 0.341 e. The minimum Gasteiger partial charge on any atom is -0.465 e. The lowest BCUT2D eigenvalue weighted by Gasteiger charge is -2.12. The van der Waals surface area contributed by atoms with Gasteiger partial charge in [0.1, 0.15) is 28.8 Å². The average molecular weight is 310 g/mol. The largest absolute Gasteiger partial charge is 0.465 e. The predicted molar refractivity (Wildman–Crippen MR) is 74.6 cm³/mol. The van der Waals surface area contributed by atoms with Gasteiger partial charge in [-0.25, -0.2) is 22.9 Å². The number of hydrogen-bond acceptors (Lipinski definition) is 4. The number of pyridine rings is 1. The van der Waals surface area contributed by atoms with Gasteiger partial charge in [-0.1, -0.05) is 6.92 Å². The number of aryl methyl sites for hydroxylation is 1. The van der Waals surface area contributed by atoms with Gasteiger partial charge in [-0.2, -0.15) is 0 Å². The summed E-state index contributed by atoms with van der Waals surface area (Å²) < 4.78 is 44.9. The van der Waals surface area contributed by atoms with Crippen molar-refractivity contribution in [1.29, 1.82) is 0 Å². The number of hydrogen-bond donors (Lipinski definition) is 1. The van der Waals surface area contributed by atoms with Crippen molar-refractivity contribution >= 4 is 17.5 Å². The third kappa shape index (κ3) is 3.19. The van der Waals surface area contributed by atoms with E-state index in [1.54, 1.807) is 6.92 Å². The smallest absolute Gasteiger partial charge is 0.341 e. The first kappa shape index (κ1) is 15.8. The van der Waals surface area contributed by atoms with Gasteiger partial charge in [0.2, 0.25) is 0 Å². The van der Waals surface area contributed by atoms with E-state index in [0.29, 0.717) is 6.07 Å². The second-order valence-electron chi connectivity index (χ2n) is 4.41. The number of benzene rings is 1. The number of nitrogens with zero attached hydrogens (tertiary/aromatic N) is 1. The molecule has 1 heterocycles. The van der Waals surface area contributed by atoms with Crippen molar-refractivity contribution in [3.63, 3.8) is 0 Å². The minimum atomic E-state index is -0.861. The molecule has 2 aromatic rings. The van der Waals surface area contributed by atoms with Crippen molar-refractivity contribution in [3.8, 4) is 0 Å². The maximum absolute atomic E-state index is 13.8. The number of rotatable bonds is 4. The Bertz CT molecular complexity index is 720. The molecule has 1 aromatic carbocycles. The number of methoxy groups -OCH3 is 1. The van der Waals surface area contributed by atoms with Gasteiger partial charge in [0.05, 0.1) is 18.5 Å². The Morgan fingerprint density at radius 2 is 1.95 bits per heavy atom. The van der Waals surface area contributed by atoms with Gasteiger partial charge in [-0.05, 0) is 24.6 Å². The summed E-state index contributed by atoms with van der Waals surface area (Å²) in [7, 11) is 1.14. The molecule has 7 heteroatoms. The SMILES string of the molecule is CCc1nc(Nc2ccc(F)cc2F)c(C(=O)OC)cc1F. The lowest BCUT2D eigenvalue weighted by Crippen LogP contribution is -2.11. The fraction of sp³-hybridized carbons (Fsp3) is 0.200. The van der Waals surface area contributed by atoms with Crippen LogP contribution in [0.15, 0.2) is 24.3 Å². The monoisotopic (exact) mass is 310 g/mol. The second-order valence-corrected chi connectivity index (χ2v) is 4.41. The predicted octanol–water partition coefficient (Wildman–Crippen LogP) is 3.59. The van der Waals surface area contributed by atoms with Crippen molar-refractivity contribution in [2.45, 2.75) is 13.3 Å². The molecule has 0 atom stereocenters. The van der Waals surface area contributed by atoms with Crippen LogP contribution in [-0.2, 0) is 11.2 Å². The maximum atomic E-state index is 13.8. The molecule has 0 amide bonds. The molecular formula is C15H13F3N2O2. The standard InChI is InChI=1S/C15H13F3N2O2/c1-3-12-11(18)7-9(15(21)22-2)14(19-12)20-13-5-4-8(16)6-10(13)17/h4-7H,3H2,1-2H3,(H,19,20). The molecule has 22 heavy (non-hydrogen) atoms. The Balaban J connectivity index is 2.50. The summed E-state index contributed by atoms with van der Waals surface area (Å²) in [6.07, 6.45) is 0.286. The molecule has 0 fully saturated rings. The van der Waals surface area contributed by atoms with E-state index >= 15 is 0 Å². The highest BCUT2D eigenvalue weighted by molar-refractivity contribution is 5.95. The lowest BCUT2D eigenvalue weighted by atomic mass is 10.2. The van der Waals surface area contributed by atoms with Gasteiger partial charge in [-0.15, -0.1) is 0 Å². The molecule has 0 unspecified atom stereocenters. The van der Waals surface area contributed by atoms with Crippen LogP contribution in [0.25, 0.3) is 0 Å². The van der Waals surface area contributed by atoms with Crippen LogP contribution in [0, 0.1) is 17.5 Å². The molecule has 1 N–H and O–H groups in total. The number of aromatic nitrogens is 1. The van der Waals surface area contributed by atoms with Crippen LogP contribution in [0.5, 0.6) is 0 Å². The Kier molecular flexibility index (Phi) is 4.65. The molecule has 0 saturated carbocycles. The Labute approximate surface area is 124 Å². The fourth-order valence-electron chi connectivity index (χ4n) is 1.85. The summed E-state index contributed by atoms with van der Waals surface area (Å²) in [6.45, 7) is 1.69. The average Bonchev–Trinajstić information content (AvgIpc) is 2.50. The Morgan fingerprint density at radius 1 is 1.23 bits per heavy atom. The van der Waals surface area contributed by atoms with E-state index in [0.717, 1.165) is 25.3 Å². The van der Waals surface area contributed by atoms with Crippen molar-refractivity contribution in [2.24, 2.45) is 0 Å². The minimum absolute atomic E-state index is 0.0596. The van der Waals surface area contributed by atoms with Crippen molar-refractivity contribution in [1.82, 2.24) is 4.98 Å². The topological polar surface area (TPSA) is 51.2 Å². The first-order valence-corrected chi connectivity index (χ1v) is 6.46. The molecule has 0 radical (unpaired) electrons. The van der Waals surface area contributed by atoms with E-state index in [9.17, 15) is 18.0 Å². The van der Waals surface area contributed by atoms with Crippen LogP contribution in [0.1, 0.15) is 23.0 Å². The third-order valence-corrected chi connectivity index (χ3v) is 2.97. The number of carbonyl (C=O) groups is 1. The van der Waals surface area contributed by atoms with E-state index in [1.165, 1.54) is 0 Å². The Morgan fingerprint density at radius 3 is 2.55 bits per heavy atom. The van der Waals surface area contributed by atoms with E-state index in [4.69, 9.17) is 0 Å². The zero-order valence-electron chi connectivity index (χ0n) is 11.9. The molecule has 0 saturated heterocycles. The van der Waals surface area contributed by atoms with Crippen molar-refractivity contribution in [2.75, 3.05) is 12.4 Å². The van der Waals surface area contributed by atoms with E-state index < -0.39 is 23.4 Å². The summed E-state index contributed by atoms with van der Waals surface area (Å²) in [5, 5.41) is 2.56. The highest BCUT2D eigenvalue weighted by Crippen LogP contribution is 2.24. The quantitative estimate of drug-likeness (QED) is 0.877. The normalized spacial score (nSPS) is 10.4. The van der Waals surface area contributed by atoms with Crippen molar-refractivity contribution in [3.05, 3.63) is 53.0 Å². The fourth-order valence-corrected chi connectivity index (χ4v) is 1.85. The van der Waals surface area contributed by atoms with E-state index in [-0.39, 0.29) is 29.2 Å². The van der Waals surface area contributed by atoms with Gasteiger partial charge in [0.15, 0.2) is 0 Å². The van der Waals surface area contributed by atoms with E-state index in [2.05, 4.69) is 15.0 Å². The lowest BCUT2D eigenvalue weighted by molar-refractivity contribution is 0.0601. The van der Waals surface area contributed by atoms with Crippen molar-refractivity contribution < 1.29 is 22.7 Å². The molecule has 116 valence electrons. The molecule has 1 aromatic heterocycles. The van der Waals surface area contributed by atoms with Crippen LogP contribution in [-0.4, -0.2) is 18.1 Å². The Hall–Kier alpha value is -2.57.